The summed E-state index contributed by atoms with van der Waals surface area (Å²) < 4.78 is 0. The van der Waals surface area contributed by atoms with Crippen molar-refractivity contribution in [1.29, 1.82) is 0 Å². The number of carbonyl (C=O) groups excluding carboxylic acids is 1. The molecule has 104 valence electrons. The molecule has 0 bridgehead atoms. The van der Waals surface area contributed by atoms with Crippen molar-refractivity contribution in [3.63, 3.8) is 0 Å². The fourth-order valence-electron chi connectivity index (χ4n) is 2.45. The smallest absolute Gasteiger partial charge is 0.166 e. The highest BCUT2D eigenvalue weighted by Crippen LogP contribution is 2.35. The Bertz CT molecular complexity index is 745. The SMILES string of the molecule is CSc1ccc(-c2c(-c3ccccc3)c[nH]c2C=O)cc1. The summed E-state index contributed by atoms with van der Waals surface area (Å²) in [6, 6.07) is 18.4. The summed E-state index contributed by atoms with van der Waals surface area (Å²) in [5, 5.41) is 0. The number of thioether (sulfide) groups is 1. The van der Waals surface area contributed by atoms with Gasteiger partial charge in [-0.25, -0.2) is 0 Å². The summed E-state index contributed by atoms with van der Waals surface area (Å²) in [7, 11) is 0. The lowest BCUT2D eigenvalue weighted by Gasteiger charge is -2.07. The Hall–Kier alpha value is -2.26. The number of nitrogens with one attached hydrogen (secondary N) is 1. The molecule has 1 N–H and O–H groups in total. The van der Waals surface area contributed by atoms with Gasteiger partial charge >= 0.3 is 0 Å². The van der Waals surface area contributed by atoms with E-state index in [4.69, 9.17) is 0 Å². The number of aldehydes is 1. The highest BCUT2D eigenvalue weighted by molar-refractivity contribution is 7.98. The maximum atomic E-state index is 11.3. The highest BCUT2D eigenvalue weighted by Gasteiger charge is 2.14. The fourth-order valence-corrected chi connectivity index (χ4v) is 2.85. The van der Waals surface area contributed by atoms with Gasteiger partial charge in [-0.3, -0.25) is 4.79 Å². The van der Waals surface area contributed by atoms with E-state index in [9.17, 15) is 4.79 Å². The third kappa shape index (κ3) is 2.65. The Morgan fingerprint density at radius 3 is 2.29 bits per heavy atom. The molecule has 0 spiro atoms. The second-order valence-electron chi connectivity index (χ2n) is 4.70. The van der Waals surface area contributed by atoms with Crippen molar-refractivity contribution in [1.82, 2.24) is 4.98 Å². The number of rotatable bonds is 4. The van der Waals surface area contributed by atoms with Gasteiger partial charge in [-0.2, -0.15) is 0 Å². The summed E-state index contributed by atoms with van der Waals surface area (Å²) in [6.45, 7) is 0. The van der Waals surface area contributed by atoms with E-state index in [0.29, 0.717) is 5.69 Å². The molecule has 21 heavy (non-hydrogen) atoms. The van der Waals surface area contributed by atoms with E-state index in [1.54, 1.807) is 11.8 Å². The molecule has 3 heteroatoms. The Labute approximate surface area is 128 Å². The molecule has 0 aliphatic carbocycles. The normalized spacial score (nSPS) is 10.5. The van der Waals surface area contributed by atoms with Gasteiger partial charge in [0, 0.05) is 22.2 Å². The van der Waals surface area contributed by atoms with Crippen LogP contribution in [0.2, 0.25) is 0 Å². The quantitative estimate of drug-likeness (QED) is 0.549. The fraction of sp³-hybridized carbons (Fsp3) is 0.0556. The van der Waals surface area contributed by atoms with Crippen LogP contribution in [-0.4, -0.2) is 17.5 Å². The number of benzene rings is 2. The van der Waals surface area contributed by atoms with Crippen molar-refractivity contribution < 1.29 is 4.79 Å². The zero-order valence-electron chi connectivity index (χ0n) is 11.7. The van der Waals surface area contributed by atoms with Gasteiger partial charge in [-0.15, -0.1) is 11.8 Å². The average molecular weight is 293 g/mol. The standard InChI is InChI=1S/C18H15NOS/c1-21-15-9-7-14(8-10-15)18-16(11-19-17(18)12-20)13-5-3-2-4-6-13/h2-12,19H,1H3. The lowest BCUT2D eigenvalue weighted by atomic mass is 9.97. The molecule has 1 aromatic heterocycles. The van der Waals surface area contributed by atoms with Gasteiger partial charge in [0.05, 0.1) is 5.69 Å². The van der Waals surface area contributed by atoms with Crippen molar-refractivity contribution >= 4 is 18.0 Å². The van der Waals surface area contributed by atoms with E-state index >= 15 is 0 Å². The first kappa shape index (κ1) is 13.7. The summed E-state index contributed by atoms with van der Waals surface area (Å²) in [5.41, 5.74) is 4.78. The molecule has 0 saturated heterocycles. The van der Waals surface area contributed by atoms with Gasteiger partial charge in [-0.1, -0.05) is 42.5 Å². The first-order chi connectivity index (χ1) is 10.3. The molecule has 3 rings (SSSR count). The Kier molecular flexibility index (Phi) is 3.93. The van der Waals surface area contributed by atoms with Crippen LogP contribution in [0.25, 0.3) is 22.3 Å². The third-order valence-corrected chi connectivity index (χ3v) is 4.24. The van der Waals surface area contributed by atoms with Crippen LogP contribution in [0, 0.1) is 0 Å². The Morgan fingerprint density at radius 1 is 0.952 bits per heavy atom. The van der Waals surface area contributed by atoms with Crippen LogP contribution in [0.15, 0.2) is 65.7 Å². The van der Waals surface area contributed by atoms with Crippen molar-refractivity contribution in [2.75, 3.05) is 6.26 Å². The number of aromatic amines is 1. The molecular weight excluding hydrogens is 278 g/mol. The molecule has 0 amide bonds. The van der Waals surface area contributed by atoms with E-state index in [2.05, 4.69) is 47.6 Å². The van der Waals surface area contributed by atoms with E-state index < -0.39 is 0 Å². The molecule has 0 saturated carbocycles. The van der Waals surface area contributed by atoms with Gasteiger partial charge in [0.15, 0.2) is 6.29 Å². The van der Waals surface area contributed by atoms with Gasteiger partial charge in [-0.05, 0) is 29.5 Å². The summed E-state index contributed by atoms with van der Waals surface area (Å²) in [6.07, 6.45) is 4.83. The van der Waals surface area contributed by atoms with Crippen molar-refractivity contribution in [3.05, 3.63) is 66.5 Å². The Balaban J connectivity index is 2.15. The number of carbonyl (C=O) groups is 1. The van der Waals surface area contributed by atoms with E-state index in [1.165, 1.54) is 4.90 Å². The molecule has 0 aliphatic heterocycles. The minimum atomic E-state index is 0.616. The number of hydrogen-bond donors (Lipinski definition) is 1. The van der Waals surface area contributed by atoms with Gasteiger partial charge in [0.25, 0.3) is 0 Å². The topological polar surface area (TPSA) is 32.9 Å². The maximum Gasteiger partial charge on any atom is 0.166 e. The number of H-pyrrole nitrogens is 1. The first-order valence-electron chi connectivity index (χ1n) is 6.70. The summed E-state index contributed by atoms with van der Waals surface area (Å²) >= 11 is 1.71. The molecular formula is C18H15NOS. The third-order valence-electron chi connectivity index (χ3n) is 3.49. The zero-order chi connectivity index (χ0) is 14.7. The monoisotopic (exact) mass is 293 g/mol. The Morgan fingerprint density at radius 2 is 1.67 bits per heavy atom. The predicted octanol–water partition coefficient (Wildman–Crippen LogP) is 4.88. The second kappa shape index (κ2) is 6.02. The molecule has 0 unspecified atom stereocenters. The van der Waals surface area contributed by atoms with Crippen molar-refractivity contribution in [2.45, 2.75) is 4.90 Å². The minimum absolute atomic E-state index is 0.616. The van der Waals surface area contributed by atoms with E-state index in [-0.39, 0.29) is 0 Å². The molecule has 2 nitrogen and oxygen atoms in total. The van der Waals surface area contributed by atoms with Crippen LogP contribution in [0.1, 0.15) is 10.5 Å². The van der Waals surface area contributed by atoms with Gasteiger partial charge in [0.1, 0.15) is 0 Å². The lowest BCUT2D eigenvalue weighted by Crippen LogP contribution is -1.86. The maximum absolute atomic E-state index is 11.3. The van der Waals surface area contributed by atoms with Gasteiger partial charge in [0.2, 0.25) is 0 Å². The molecule has 3 aromatic rings. The zero-order valence-corrected chi connectivity index (χ0v) is 12.5. The molecule has 1 heterocycles. The molecule has 0 radical (unpaired) electrons. The van der Waals surface area contributed by atoms with E-state index in [0.717, 1.165) is 28.5 Å². The second-order valence-corrected chi connectivity index (χ2v) is 5.58. The van der Waals surface area contributed by atoms with Crippen LogP contribution in [-0.2, 0) is 0 Å². The molecule has 2 aromatic carbocycles. The molecule has 0 fully saturated rings. The largest absolute Gasteiger partial charge is 0.358 e. The number of aromatic nitrogens is 1. The van der Waals surface area contributed by atoms with E-state index in [1.807, 2.05) is 24.4 Å². The summed E-state index contributed by atoms with van der Waals surface area (Å²) in [4.78, 5) is 15.6. The van der Waals surface area contributed by atoms with Crippen molar-refractivity contribution in [3.8, 4) is 22.3 Å². The average Bonchev–Trinajstić information content (AvgIpc) is 2.99. The highest BCUT2D eigenvalue weighted by atomic mass is 32.2. The van der Waals surface area contributed by atoms with Crippen LogP contribution in [0.5, 0.6) is 0 Å². The van der Waals surface area contributed by atoms with Crippen LogP contribution >= 0.6 is 11.8 Å². The van der Waals surface area contributed by atoms with Crippen molar-refractivity contribution in [2.24, 2.45) is 0 Å². The first-order valence-corrected chi connectivity index (χ1v) is 7.92. The number of hydrogen-bond acceptors (Lipinski definition) is 2. The lowest BCUT2D eigenvalue weighted by molar-refractivity contribution is 0.112. The predicted molar refractivity (Wildman–Crippen MR) is 88.8 cm³/mol. The van der Waals surface area contributed by atoms with Crippen LogP contribution in [0.4, 0.5) is 0 Å². The van der Waals surface area contributed by atoms with Gasteiger partial charge < -0.3 is 4.98 Å². The van der Waals surface area contributed by atoms with Crippen LogP contribution in [0.3, 0.4) is 0 Å². The molecule has 0 atom stereocenters. The molecule has 0 aliphatic rings. The minimum Gasteiger partial charge on any atom is -0.358 e. The van der Waals surface area contributed by atoms with Crippen LogP contribution < -0.4 is 0 Å². The summed E-state index contributed by atoms with van der Waals surface area (Å²) in [5.74, 6) is 0.